The first kappa shape index (κ1) is 58.0. The zero-order valence-electron chi connectivity index (χ0n) is 2.12. The molecule has 34 valence electrons. The van der Waals surface area contributed by atoms with E-state index in [0.717, 1.165) is 0 Å². The van der Waals surface area contributed by atoms with Crippen LogP contribution in [0.1, 0.15) is 0 Å². The minimum absolute atomic E-state index is 0. The van der Waals surface area contributed by atoms with Crippen LogP contribution in [-0.4, -0.2) is 35.9 Å². The van der Waals surface area contributed by atoms with Gasteiger partial charge in [0.25, 0.3) is 0 Å². The van der Waals surface area contributed by atoms with Crippen LogP contribution < -0.4 is 0 Å². The van der Waals surface area contributed by atoms with Gasteiger partial charge in [-0.1, -0.05) is 0 Å². The summed E-state index contributed by atoms with van der Waals surface area (Å²) in [4.78, 5) is 0. The smallest absolute Gasteiger partial charge is 0 e. The van der Waals surface area contributed by atoms with E-state index in [0.29, 0.717) is 0 Å². The number of rotatable bonds is 0. The van der Waals surface area contributed by atoms with Crippen molar-refractivity contribution in [3.63, 3.8) is 0 Å². The molecule has 0 nitrogen and oxygen atoms in total. The first-order chi connectivity index (χ1) is 0. The van der Waals surface area contributed by atoms with Crippen LogP contribution in [0.3, 0.4) is 0 Å². The fourth-order valence-corrected chi connectivity index (χ4v) is 0. The summed E-state index contributed by atoms with van der Waals surface area (Å²) in [6, 6.07) is 0. The third-order valence-electron chi connectivity index (χ3n) is 0. The van der Waals surface area contributed by atoms with Gasteiger partial charge in [-0.3, -0.25) is 0 Å². The SMILES string of the molecule is [As].[As].[S-2].[S-2].[S-2]. The van der Waals surface area contributed by atoms with Crippen molar-refractivity contribution in [1.29, 1.82) is 0 Å². The van der Waals surface area contributed by atoms with Gasteiger partial charge in [-0.2, -0.15) is 0 Å². The van der Waals surface area contributed by atoms with Crippen LogP contribution in [0.4, 0.5) is 0 Å². The summed E-state index contributed by atoms with van der Waals surface area (Å²) in [6.45, 7) is 0. The van der Waals surface area contributed by atoms with E-state index in [1.54, 1.807) is 0 Å². The fraction of sp³-hybridized carbons (Fsp3) is 0. The molecule has 5 heteroatoms. The van der Waals surface area contributed by atoms with Crippen molar-refractivity contribution in [3.05, 3.63) is 0 Å². The molecule has 0 bridgehead atoms. The summed E-state index contributed by atoms with van der Waals surface area (Å²) >= 11 is 0. The van der Waals surface area contributed by atoms with Crippen LogP contribution >= 0.6 is 0 Å². The second-order valence-corrected chi connectivity index (χ2v) is 0. The van der Waals surface area contributed by atoms with E-state index >= 15 is 0 Å². The second-order valence-electron chi connectivity index (χ2n) is 0. The predicted molar refractivity (Wildman–Crippen MR) is 33.6 cm³/mol. The monoisotopic (exact) mass is 246 g/mol. The summed E-state index contributed by atoms with van der Waals surface area (Å²) in [7, 11) is 0. The van der Waals surface area contributed by atoms with Crippen molar-refractivity contribution in [3.8, 4) is 0 Å². The molecule has 0 aliphatic heterocycles. The fourth-order valence-electron chi connectivity index (χ4n) is 0. The van der Waals surface area contributed by atoms with E-state index in [1.165, 1.54) is 0 Å². The van der Waals surface area contributed by atoms with Crippen LogP contribution in [0, 0.1) is 0 Å². The summed E-state index contributed by atoms with van der Waals surface area (Å²) in [5.41, 5.74) is 0. The third-order valence-corrected chi connectivity index (χ3v) is 0. The van der Waals surface area contributed by atoms with Crippen molar-refractivity contribution < 1.29 is 0 Å². The summed E-state index contributed by atoms with van der Waals surface area (Å²) < 4.78 is 0. The van der Waals surface area contributed by atoms with Crippen molar-refractivity contribution >= 4 is 76.4 Å². The molecular weight excluding hydrogens is 246 g/mol. The van der Waals surface area contributed by atoms with Crippen molar-refractivity contribution in [2.75, 3.05) is 0 Å². The average molecular weight is 246 g/mol. The van der Waals surface area contributed by atoms with Crippen LogP contribution in [0.2, 0.25) is 0 Å². The van der Waals surface area contributed by atoms with Gasteiger partial charge in [0, 0.05) is 35.9 Å². The Morgan fingerprint density at radius 2 is 0.400 bits per heavy atom. The van der Waals surface area contributed by atoms with Crippen LogP contribution in [0.15, 0.2) is 0 Å². The van der Waals surface area contributed by atoms with Gasteiger partial charge >= 0.3 is 0 Å². The van der Waals surface area contributed by atoms with Gasteiger partial charge in [-0.15, -0.1) is 0 Å². The van der Waals surface area contributed by atoms with Gasteiger partial charge < -0.3 is 40.5 Å². The van der Waals surface area contributed by atoms with Crippen molar-refractivity contribution in [2.24, 2.45) is 0 Å². The molecule has 0 atom stereocenters. The number of hydrogen-bond acceptors (Lipinski definition) is 0. The van der Waals surface area contributed by atoms with E-state index < -0.39 is 0 Å². The van der Waals surface area contributed by atoms with Crippen LogP contribution in [0.5, 0.6) is 0 Å². The molecule has 5 heavy (non-hydrogen) atoms. The standard InChI is InChI=1S/2As.3S/q;;3*-2. The molecule has 0 unspecified atom stereocenters. The first-order valence-corrected chi connectivity index (χ1v) is 0. The molecular formula is As2S3-6. The summed E-state index contributed by atoms with van der Waals surface area (Å²) in [5, 5.41) is 0. The molecule has 0 heterocycles. The molecule has 0 saturated carbocycles. The molecule has 0 aliphatic carbocycles. The Bertz CT molecular complexity index is 4.85. The molecule has 0 aromatic carbocycles. The Hall–Kier alpha value is 2.17. The Kier molecular flexibility index (Phi) is 407. The molecule has 6 radical (unpaired) electrons. The molecule has 0 saturated heterocycles. The Morgan fingerprint density at radius 3 is 0.400 bits per heavy atom. The van der Waals surface area contributed by atoms with E-state index in [1.807, 2.05) is 0 Å². The zero-order chi connectivity index (χ0) is 0. The topological polar surface area (TPSA) is 0 Å². The van der Waals surface area contributed by atoms with E-state index in [9.17, 15) is 0 Å². The summed E-state index contributed by atoms with van der Waals surface area (Å²) in [6.07, 6.45) is 0. The van der Waals surface area contributed by atoms with Gasteiger partial charge in [0.2, 0.25) is 0 Å². The van der Waals surface area contributed by atoms with Gasteiger partial charge in [-0.25, -0.2) is 0 Å². The minimum atomic E-state index is 0. The Labute approximate surface area is 75.8 Å². The van der Waals surface area contributed by atoms with Gasteiger partial charge in [0.05, 0.1) is 0 Å². The molecule has 0 aromatic rings. The van der Waals surface area contributed by atoms with Crippen LogP contribution in [0.25, 0.3) is 0 Å². The molecule has 0 spiro atoms. The normalized spacial score (nSPS) is 0. The second kappa shape index (κ2) is 35.1. The first-order valence-electron chi connectivity index (χ1n) is 0. The van der Waals surface area contributed by atoms with Gasteiger partial charge in [0.15, 0.2) is 0 Å². The Morgan fingerprint density at radius 1 is 0.400 bits per heavy atom. The maximum atomic E-state index is 0. The quantitative estimate of drug-likeness (QED) is 0.492. The number of hydrogen-bond donors (Lipinski definition) is 0. The van der Waals surface area contributed by atoms with Crippen LogP contribution in [-0.2, 0) is 40.5 Å². The molecule has 0 aromatic heterocycles. The molecule has 0 N–H and O–H groups in total. The molecule has 0 amide bonds. The van der Waals surface area contributed by atoms with Crippen molar-refractivity contribution in [2.45, 2.75) is 0 Å². The largest absolute Gasteiger partial charge is 2.00 e. The maximum Gasteiger partial charge on any atom is 0 e. The third kappa shape index (κ3) is 22.8. The maximum absolute atomic E-state index is 0. The summed E-state index contributed by atoms with van der Waals surface area (Å²) in [5.74, 6) is 0. The minimum Gasteiger partial charge on any atom is -2.00 e. The molecule has 0 rings (SSSR count). The van der Waals surface area contributed by atoms with E-state index in [2.05, 4.69) is 0 Å². The van der Waals surface area contributed by atoms with Gasteiger partial charge in [0.1, 0.15) is 0 Å². The van der Waals surface area contributed by atoms with Gasteiger partial charge in [-0.05, 0) is 0 Å². The zero-order valence-corrected chi connectivity index (χ0v) is 8.32. The molecule has 0 aliphatic rings. The predicted octanol–water partition coefficient (Wildman–Crippen LogP) is -0.769. The molecule has 0 fully saturated rings. The van der Waals surface area contributed by atoms with Crippen molar-refractivity contribution in [1.82, 2.24) is 0 Å². The van der Waals surface area contributed by atoms with E-state index in [-0.39, 0.29) is 76.4 Å². The Balaban J connectivity index is 0. The van der Waals surface area contributed by atoms with E-state index in [4.69, 9.17) is 0 Å². The average Bonchev–Trinajstić information content (AvgIpc) is 0.